The van der Waals surface area contributed by atoms with Crippen LogP contribution in [0.5, 0.6) is 0 Å². The van der Waals surface area contributed by atoms with Crippen LogP contribution in [0, 0.1) is 0 Å². The molecule has 1 nitrogen and oxygen atoms in total. The lowest BCUT2D eigenvalue weighted by molar-refractivity contribution is 0.996. The van der Waals surface area contributed by atoms with Crippen LogP contribution in [0.25, 0.3) is 0 Å². The molecule has 0 unspecified atom stereocenters. The minimum Gasteiger partial charge on any atom is -0.371 e. The normalized spacial score (nSPS) is 4.83. The number of thiocarbonyl (C=S) groups is 1. The van der Waals surface area contributed by atoms with Crippen molar-refractivity contribution in [1.29, 1.82) is 0 Å². The largest absolute Gasteiger partial charge is 0.371 e. The summed E-state index contributed by atoms with van der Waals surface area (Å²) in [4.78, 5) is 0. The zero-order chi connectivity index (χ0) is 11.0. The molecule has 0 aromatic rings. The highest BCUT2D eigenvalue weighted by Gasteiger charge is 1.74. The summed E-state index contributed by atoms with van der Waals surface area (Å²) >= 11 is 8.35. The lowest BCUT2D eigenvalue weighted by Gasteiger charge is -1.91. The van der Waals surface area contributed by atoms with Gasteiger partial charge >= 0.3 is 0 Å². The van der Waals surface area contributed by atoms with Crippen molar-refractivity contribution in [2.24, 2.45) is 0 Å². The van der Waals surface area contributed by atoms with Crippen molar-refractivity contribution in [3.8, 4) is 0 Å². The third-order valence-corrected chi connectivity index (χ3v) is 0.630. The van der Waals surface area contributed by atoms with E-state index >= 15 is 0 Å². The van der Waals surface area contributed by atoms with Gasteiger partial charge in [0.25, 0.3) is 0 Å². The zero-order valence-electron chi connectivity index (χ0n) is 7.81. The predicted molar refractivity (Wildman–Crippen MR) is 69.0 cm³/mol. The van der Waals surface area contributed by atoms with Gasteiger partial charge in [-0.2, -0.15) is 0 Å². The lowest BCUT2D eigenvalue weighted by atomic mass is 10.8. The molecule has 0 aliphatic rings. The van der Waals surface area contributed by atoms with Crippen molar-refractivity contribution in [2.75, 3.05) is 6.54 Å². The molecule has 0 fully saturated rings. The fourth-order valence-corrected chi connectivity index (χ4v) is 0.454. The molecule has 0 heterocycles. The molecule has 72 valence electrons. The monoisotopic (exact) mass is 205 g/mol. The molecule has 0 rings (SSSR count). The van der Waals surface area contributed by atoms with Crippen LogP contribution in [-0.4, -0.2) is 10.9 Å². The molecular weight excluding hydrogens is 186 g/mol. The van der Waals surface area contributed by atoms with Crippen LogP contribution in [0.2, 0.25) is 0 Å². The topological polar surface area (TPSA) is 12.0 Å². The highest BCUT2D eigenvalue weighted by molar-refractivity contribution is 8.11. The third-order valence-electron chi connectivity index (χ3n) is 0.328. The van der Waals surface area contributed by atoms with Crippen LogP contribution in [-0.2, 0) is 0 Å². The van der Waals surface area contributed by atoms with Gasteiger partial charge in [0.2, 0.25) is 0 Å². The van der Waals surface area contributed by atoms with Crippen molar-refractivity contribution in [3.63, 3.8) is 0 Å². The van der Waals surface area contributed by atoms with Gasteiger partial charge in [0.05, 0.1) is 0 Å². The standard InChI is InChI=1S/C3H7NS2.3C2H4/c1-2-4-3(5)6;3*1-2/h2H2,1H3,(H2,4,5,6);3*1-2H2. The van der Waals surface area contributed by atoms with Crippen molar-refractivity contribution >= 4 is 29.2 Å². The van der Waals surface area contributed by atoms with Crippen molar-refractivity contribution in [2.45, 2.75) is 6.92 Å². The van der Waals surface area contributed by atoms with E-state index < -0.39 is 0 Å². The molecule has 12 heavy (non-hydrogen) atoms. The second-order valence-corrected chi connectivity index (χ2v) is 1.99. The van der Waals surface area contributed by atoms with E-state index in [1.807, 2.05) is 6.92 Å². The summed E-state index contributed by atoms with van der Waals surface area (Å²) in [6, 6.07) is 0. The Labute approximate surface area is 87.7 Å². The fraction of sp³-hybridized carbons (Fsp3) is 0.222. The SMILES string of the molecule is C=C.C=C.C=C.CCNC(=S)S. The summed E-state index contributed by atoms with van der Waals surface area (Å²) in [5, 5.41) is 2.80. The van der Waals surface area contributed by atoms with Gasteiger partial charge in [0.15, 0.2) is 0 Å². The molecule has 0 spiro atoms. The summed E-state index contributed by atoms with van der Waals surface area (Å²) in [5.74, 6) is 0. The van der Waals surface area contributed by atoms with E-state index in [1.165, 1.54) is 0 Å². The maximum atomic E-state index is 4.55. The molecule has 0 aliphatic carbocycles. The van der Waals surface area contributed by atoms with E-state index in [1.54, 1.807) is 0 Å². The first kappa shape index (κ1) is 22.5. The van der Waals surface area contributed by atoms with E-state index in [-0.39, 0.29) is 0 Å². The Morgan fingerprint density at radius 1 is 1.17 bits per heavy atom. The zero-order valence-corrected chi connectivity index (χ0v) is 9.52. The summed E-state index contributed by atoms with van der Waals surface area (Å²) in [5.41, 5.74) is 0. The fourth-order valence-electron chi connectivity index (χ4n) is 0.151. The second kappa shape index (κ2) is 47.1. The lowest BCUT2D eigenvalue weighted by Crippen LogP contribution is -2.14. The Kier molecular flexibility index (Phi) is 88.4. The van der Waals surface area contributed by atoms with Gasteiger partial charge in [-0.25, -0.2) is 0 Å². The Bertz CT molecular complexity index is 79.8. The first-order valence-corrected chi connectivity index (χ1v) is 4.09. The average molecular weight is 205 g/mol. The second-order valence-electron chi connectivity index (χ2n) is 0.835. The van der Waals surface area contributed by atoms with Crippen molar-refractivity contribution in [3.05, 3.63) is 39.5 Å². The number of rotatable bonds is 1. The van der Waals surface area contributed by atoms with Crippen molar-refractivity contribution < 1.29 is 0 Å². The van der Waals surface area contributed by atoms with E-state index in [0.29, 0.717) is 4.32 Å². The first-order chi connectivity index (χ1) is 5.77. The molecule has 0 radical (unpaired) electrons. The molecule has 0 aromatic carbocycles. The number of hydrogen-bond donors (Lipinski definition) is 2. The molecule has 0 bridgehead atoms. The number of thiol groups is 1. The number of nitrogens with one attached hydrogen (secondary N) is 1. The highest BCUT2D eigenvalue weighted by atomic mass is 32.1. The van der Waals surface area contributed by atoms with E-state index in [0.717, 1.165) is 6.54 Å². The van der Waals surface area contributed by atoms with E-state index in [2.05, 4.69) is 69.6 Å². The highest BCUT2D eigenvalue weighted by Crippen LogP contribution is 1.72. The average Bonchev–Trinajstić information content (AvgIpc) is 2.14. The quantitative estimate of drug-likeness (QED) is 0.387. The summed E-state index contributed by atoms with van der Waals surface area (Å²) in [6.45, 7) is 20.8. The summed E-state index contributed by atoms with van der Waals surface area (Å²) in [6.07, 6.45) is 0. The minimum absolute atomic E-state index is 0.567. The smallest absolute Gasteiger partial charge is 0.130 e. The molecule has 1 N–H and O–H groups in total. The molecule has 0 atom stereocenters. The Balaban J connectivity index is -0.0000000453. The minimum atomic E-state index is 0.567. The molecule has 0 amide bonds. The van der Waals surface area contributed by atoms with Gasteiger partial charge in [0, 0.05) is 6.54 Å². The van der Waals surface area contributed by atoms with Gasteiger partial charge in [-0.05, 0) is 6.92 Å². The van der Waals surface area contributed by atoms with E-state index in [4.69, 9.17) is 0 Å². The van der Waals surface area contributed by atoms with E-state index in [9.17, 15) is 0 Å². The molecular formula is C9H19NS2. The van der Waals surface area contributed by atoms with Crippen LogP contribution < -0.4 is 5.32 Å². The van der Waals surface area contributed by atoms with Crippen LogP contribution in [0.15, 0.2) is 39.5 Å². The molecule has 3 heteroatoms. The van der Waals surface area contributed by atoms with Gasteiger partial charge in [-0.1, -0.05) is 12.2 Å². The molecule has 0 saturated heterocycles. The predicted octanol–water partition coefficient (Wildman–Crippen LogP) is 3.22. The summed E-state index contributed by atoms with van der Waals surface area (Å²) in [7, 11) is 0. The third kappa shape index (κ3) is 112. The molecule has 0 saturated carbocycles. The van der Waals surface area contributed by atoms with Crippen LogP contribution >= 0.6 is 24.8 Å². The van der Waals surface area contributed by atoms with Crippen LogP contribution in [0.1, 0.15) is 6.92 Å². The van der Waals surface area contributed by atoms with Gasteiger partial charge in [0.1, 0.15) is 4.32 Å². The van der Waals surface area contributed by atoms with Crippen LogP contribution in [0.3, 0.4) is 0 Å². The Morgan fingerprint density at radius 2 is 1.42 bits per heavy atom. The molecule has 0 aliphatic heterocycles. The molecule has 0 aromatic heterocycles. The van der Waals surface area contributed by atoms with Gasteiger partial charge in [-0.15, -0.1) is 52.1 Å². The number of hydrogen-bond acceptors (Lipinski definition) is 1. The Morgan fingerprint density at radius 3 is 1.42 bits per heavy atom. The first-order valence-electron chi connectivity index (χ1n) is 3.24. The van der Waals surface area contributed by atoms with Gasteiger partial charge < -0.3 is 5.32 Å². The summed E-state index contributed by atoms with van der Waals surface area (Å²) < 4.78 is 0.567. The maximum Gasteiger partial charge on any atom is 0.130 e. The van der Waals surface area contributed by atoms with Crippen molar-refractivity contribution in [1.82, 2.24) is 5.32 Å². The Hall–Kier alpha value is -0.540. The van der Waals surface area contributed by atoms with Crippen LogP contribution in [0.4, 0.5) is 0 Å². The van der Waals surface area contributed by atoms with Gasteiger partial charge in [-0.3, -0.25) is 0 Å². The maximum absolute atomic E-state index is 4.55.